The molecule has 2 aliphatic carbocycles. The van der Waals surface area contributed by atoms with E-state index in [1.165, 1.54) is 79.7 Å². The average Bonchev–Trinajstić information content (AvgIpc) is 4.09. The van der Waals surface area contributed by atoms with Crippen LogP contribution in [0.3, 0.4) is 0 Å². The predicted octanol–water partition coefficient (Wildman–Crippen LogP) is 7.29. The second-order valence-corrected chi connectivity index (χ2v) is 16.6. The fraction of sp³-hybridized carbons (Fsp3) is 0.511. The number of alkyl carbamates (subject to hydrolysis) is 1. The summed E-state index contributed by atoms with van der Waals surface area (Å²) in [6.07, 6.45) is 14.7. The number of esters is 1. The SMILES string of the molecule is COC(=O)C[C@@H](C)C(=O)N1CCC[C@H]1C1=NC=C(c2ccc(-c3ccc(-c4cnc([C@@H]5CCCN5C(=O)[C@H](C)NC(=O)OC)[nH]4)cc3)c3c2CCC32CCCC2)C1. The first kappa shape index (κ1) is 38.6. The van der Waals surface area contributed by atoms with E-state index in [9.17, 15) is 19.2 Å². The molecule has 3 fully saturated rings. The number of fused-ring (bicyclic) bond motifs is 2. The third-order valence-electron chi connectivity index (χ3n) is 13.2. The van der Waals surface area contributed by atoms with Gasteiger partial charge in [0.25, 0.3) is 0 Å². The first-order chi connectivity index (χ1) is 27.6. The molecule has 1 aromatic heterocycles. The van der Waals surface area contributed by atoms with Crippen LogP contribution >= 0.6 is 0 Å². The van der Waals surface area contributed by atoms with Gasteiger partial charge in [0.1, 0.15) is 11.9 Å². The number of likely N-dealkylation sites (tertiary alicyclic amines) is 2. The molecule has 0 radical (unpaired) electrons. The average molecular weight is 775 g/mol. The van der Waals surface area contributed by atoms with Crippen LogP contribution in [0.15, 0.2) is 53.8 Å². The number of rotatable bonds is 10. The van der Waals surface area contributed by atoms with E-state index in [0.29, 0.717) is 13.1 Å². The molecular weight excluding hydrogens is 721 g/mol. The second-order valence-electron chi connectivity index (χ2n) is 16.6. The van der Waals surface area contributed by atoms with Crippen molar-refractivity contribution in [1.82, 2.24) is 25.1 Å². The monoisotopic (exact) mass is 774 g/mol. The van der Waals surface area contributed by atoms with Crippen LogP contribution in [0.1, 0.15) is 113 Å². The number of aromatic amines is 1. The summed E-state index contributed by atoms with van der Waals surface area (Å²) in [6, 6.07) is 12.5. The van der Waals surface area contributed by atoms with Crippen LogP contribution in [0.4, 0.5) is 4.79 Å². The van der Waals surface area contributed by atoms with Gasteiger partial charge in [-0.1, -0.05) is 56.2 Å². The number of nitrogens with one attached hydrogen (secondary N) is 2. The van der Waals surface area contributed by atoms with Gasteiger partial charge in [-0.2, -0.15) is 0 Å². The molecule has 0 bridgehead atoms. The van der Waals surface area contributed by atoms with E-state index in [1.807, 2.05) is 24.2 Å². The number of hydrogen-bond acceptors (Lipinski definition) is 8. The zero-order valence-electron chi connectivity index (χ0n) is 33.6. The lowest BCUT2D eigenvalue weighted by molar-refractivity contribution is -0.146. The number of carbonyl (C=O) groups excluding carboxylic acids is 4. The van der Waals surface area contributed by atoms with Crippen molar-refractivity contribution in [3.63, 3.8) is 0 Å². The number of H-pyrrole nitrogens is 1. The van der Waals surface area contributed by atoms with Gasteiger partial charge in [-0.05, 0) is 103 Å². The number of benzene rings is 2. The molecule has 1 saturated carbocycles. The number of amides is 3. The molecule has 2 N–H and O–H groups in total. The topological polar surface area (TPSA) is 146 Å². The second kappa shape index (κ2) is 15.9. The fourth-order valence-electron chi connectivity index (χ4n) is 10.3. The first-order valence-corrected chi connectivity index (χ1v) is 20.7. The van der Waals surface area contributed by atoms with Crippen molar-refractivity contribution in [2.24, 2.45) is 10.9 Å². The zero-order chi connectivity index (χ0) is 39.8. The molecule has 12 nitrogen and oxygen atoms in total. The molecule has 3 amide bonds. The van der Waals surface area contributed by atoms with Gasteiger partial charge in [0.05, 0.1) is 44.6 Å². The van der Waals surface area contributed by atoms with Gasteiger partial charge in [-0.25, -0.2) is 9.78 Å². The normalized spacial score (nSPS) is 22.0. The Hall–Kier alpha value is -5.26. The van der Waals surface area contributed by atoms with Gasteiger partial charge in [0, 0.05) is 37.3 Å². The van der Waals surface area contributed by atoms with Crippen molar-refractivity contribution >= 4 is 35.2 Å². The number of nitrogens with zero attached hydrogens (tertiary/aromatic N) is 4. The zero-order valence-corrected chi connectivity index (χ0v) is 33.6. The van der Waals surface area contributed by atoms with Gasteiger partial charge in [-0.15, -0.1) is 0 Å². The summed E-state index contributed by atoms with van der Waals surface area (Å²) in [5.41, 5.74) is 11.2. The fourth-order valence-corrected chi connectivity index (χ4v) is 10.3. The smallest absolute Gasteiger partial charge is 0.407 e. The van der Waals surface area contributed by atoms with E-state index in [4.69, 9.17) is 14.7 Å². The Morgan fingerprint density at radius 3 is 2.26 bits per heavy atom. The maximum atomic E-state index is 13.4. The van der Waals surface area contributed by atoms with Crippen molar-refractivity contribution < 1.29 is 28.7 Å². The quantitative estimate of drug-likeness (QED) is 0.206. The molecule has 4 heterocycles. The number of methoxy groups -OCH3 is 2. The van der Waals surface area contributed by atoms with E-state index in [1.54, 1.807) is 11.8 Å². The Morgan fingerprint density at radius 1 is 0.860 bits per heavy atom. The molecule has 2 aromatic carbocycles. The van der Waals surface area contributed by atoms with Gasteiger partial charge < -0.3 is 29.6 Å². The van der Waals surface area contributed by atoms with Crippen LogP contribution in [0.25, 0.3) is 28.0 Å². The summed E-state index contributed by atoms with van der Waals surface area (Å²) in [5.74, 6) is -0.198. The molecule has 0 unspecified atom stereocenters. The minimum absolute atomic E-state index is 0.0000798. The Bertz CT molecular complexity index is 2110. The number of ether oxygens (including phenoxy) is 2. The van der Waals surface area contributed by atoms with Crippen LogP contribution in [0.2, 0.25) is 0 Å². The highest BCUT2D eigenvalue weighted by atomic mass is 16.5. The molecule has 3 aromatic rings. The van der Waals surface area contributed by atoms with Crippen molar-refractivity contribution in [1.29, 1.82) is 0 Å². The maximum Gasteiger partial charge on any atom is 0.407 e. The van der Waals surface area contributed by atoms with E-state index in [-0.39, 0.29) is 41.7 Å². The summed E-state index contributed by atoms with van der Waals surface area (Å²) in [7, 11) is 2.65. The molecule has 2 saturated heterocycles. The van der Waals surface area contributed by atoms with Crippen LogP contribution in [0.5, 0.6) is 0 Å². The molecule has 5 aliphatic rings. The van der Waals surface area contributed by atoms with Gasteiger partial charge in [0.2, 0.25) is 11.8 Å². The molecular formula is C45H54N6O6. The highest BCUT2D eigenvalue weighted by Crippen LogP contribution is 2.55. The first-order valence-electron chi connectivity index (χ1n) is 20.7. The van der Waals surface area contributed by atoms with Crippen LogP contribution < -0.4 is 5.32 Å². The van der Waals surface area contributed by atoms with Crippen molar-refractivity contribution in [3.8, 4) is 22.4 Å². The summed E-state index contributed by atoms with van der Waals surface area (Å²) in [6.45, 7) is 4.78. The minimum Gasteiger partial charge on any atom is -0.469 e. The Labute approximate surface area is 334 Å². The van der Waals surface area contributed by atoms with Crippen molar-refractivity contribution in [2.45, 2.75) is 114 Å². The number of aliphatic imine (C=N–C) groups is 1. The third kappa shape index (κ3) is 7.27. The van der Waals surface area contributed by atoms with E-state index >= 15 is 0 Å². The highest BCUT2D eigenvalue weighted by Gasteiger charge is 2.44. The highest BCUT2D eigenvalue weighted by molar-refractivity contribution is 6.04. The third-order valence-corrected chi connectivity index (χ3v) is 13.2. The Kier molecular flexibility index (Phi) is 10.8. The van der Waals surface area contributed by atoms with Crippen molar-refractivity contribution in [3.05, 3.63) is 71.3 Å². The number of carbonyl (C=O) groups is 4. The maximum absolute atomic E-state index is 13.4. The Morgan fingerprint density at radius 2 is 1.54 bits per heavy atom. The summed E-state index contributed by atoms with van der Waals surface area (Å²) in [4.78, 5) is 67.2. The van der Waals surface area contributed by atoms with Crippen molar-refractivity contribution in [2.75, 3.05) is 27.3 Å². The van der Waals surface area contributed by atoms with Gasteiger partial charge in [-0.3, -0.25) is 19.4 Å². The molecule has 57 heavy (non-hydrogen) atoms. The van der Waals surface area contributed by atoms with Crippen LogP contribution in [-0.4, -0.2) is 88.7 Å². The summed E-state index contributed by atoms with van der Waals surface area (Å²) >= 11 is 0. The number of allylic oxidation sites excluding steroid dienone is 1. The van der Waals surface area contributed by atoms with E-state index in [0.717, 1.165) is 61.3 Å². The molecule has 1 spiro atoms. The Balaban J connectivity index is 1.01. The lowest BCUT2D eigenvalue weighted by Crippen LogP contribution is -2.46. The summed E-state index contributed by atoms with van der Waals surface area (Å²) < 4.78 is 9.51. The largest absolute Gasteiger partial charge is 0.469 e. The number of hydrogen-bond donors (Lipinski definition) is 2. The van der Waals surface area contributed by atoms with Gasteiger partial charge >= 0.3 is 12.1 Å². The van der Waals surface area contributed by atoms with E-state index in [2.05, 4.69) is 51.4 Å². The minimum atomic E-state index is -0.699. The van der Waals surface area contributed by atoms with Crippen LogP contribution in [0, 0.1) is 5.92 Å². The number of aromatic nitrogens is 2. The van der Waals surface area contributed by atoms with Crippen LogP contribution in [-0.2, 0) is 35.7 Å². The summed E-state index contributed by atoms with van der Waals surface area (Å²) in [5, 5.41) is 2.59. The standard InChI is InChI=1S/C45H54N6O6/c1-27(23-39(52)56-3)42(53)50-21-7-9-37(50)35-24-31(25-46-35)32-15-16-33(40-34(32)17-20-45(40)18-5-6-19-45)29-11-13-30(14-12-29)36-26-47-41(49-36)38-10-8-22-51(38)43(54)28(2)48-44(55)57-4/h11-16,25-28,37-38H,5-10,17-24H2,1-4H3,(H,47,49)(H,48,55)/t27-,28+,37+,38+/m1/s1. The number of imidazole rings is 1. The lowest BCUT2D eigenvalue weighted by atomic mass is 9.76. The predicted molar refractivity (Wildman–Crippen MR) is 217 cm³/mol. The van der Waals surface area contributed by atoms with Gasteiger partial charge in [0.15, 0.2) is 0 Å². The molecule has 300 valence electrons. The molecule has 12 heteroatoms. The molecule has 4 atom stereocenters. The molecule has 3 aliphatic heterocycles. The van der Waals surface area contributed by atoms with E-state index < -0.39 is 18.1 Å². The molecule has 8 rings (SSSR count). The lowest BCUT2D eigenvalue weighted by Gasteiger charge is -2.28.